The van der Waals surface area contributed by atoms with Crippen LogP contribution in [0.25, 0.3) is 11.0 Å². The van der Waals surface area contributed by atoms with Gasteiger partial charge in [-0.05, 0) is 44.8 Å². The molecule has 0 aliphatic carbocycles. The van der Waals surface area contributed by atoms with Crippen LogP contribution in [0.3, 0.4) is 0 Å². The minimum atomic E-state index is 0.383. The first-order valence-electron chi connectivity index (χ1n) is 12.7. The van der Waals surface area contributed by atoms with Gasteiger partial charge in [0.05, 0.1) is 12.2 Å². The molecule has 4 rings (SSSR count). The van der Waals surface area contributed by atoms with Gasteiger partial charge in [-0.2, -0.15) is 0 Å². The smallest absolute Gasteiger partial charge is 0.151 e. The molecular formula is C28H37N5O. The van der Waals surface area contributed by atoms with Gasteiger partial charge in [0.1, 0.15) is 23.6 Å². The Balaban J connectivity index is 1.59. The van der Waals surface area contributed by atoms with Gasteiger partial charge in [-0.3, -0.25) is 0 Å². The SMILES string of the molecule is CCCCc1nc(N)c2c(n1)c(C#CCCN1CCCCC1)c(C)n2COCc1ccccc1. The van der Waals surface area contributed by atoms with Gasteiger partial charge < -0.3 is 19.9 Å². The van der Waals surface area contributed by atoms with Crippen molar-refractivity contribution in [2.24, 2.45) is 0 Å². The van der Waals surface area contributed by atoms with Gasteiger partial charge in [0.15, 0.2) is 5.82 Å². The molecule has 1 saturated heterocycles. The number of hydrogen-bond donors (Lipinski definition) is 1. The molecule has 0 radical (unpaired) electrons. The molecule has 6 nitrogen and oxygen atoms in total. The lowest BCUT2D eigenvalue weighted by atomic mass is 10.1. The number of anilines is 1. The number of nitrogens with two attached hydrogens (primary N) is 1. The van der Waals surface area contributed by atoms with Crippen molar-refractivity contribution in [1.29, 1.82) is 0 Å². The maximum absolute atomic E-state index is 6.46. The van der Waals surface area contributed by atoms with Crippen LogP contribution in [0.5, 0.6) is 0 Å². The van der Waals surface area contributed by atoms with Crippen molar-refractivity contribution in [1.82, 2.24) is 19.4 Å². The summed E-state index contributed by atoms with van der Waals surface area (Å²) in [6.07, 6.45) is 7.79. The lowest BCUT2D eigenvalue weighted by Crippen LogP contribution is -2.30. The number of aryl methyl sites for hydroxylation is 1. The molecule has 0 saturated carbocycles. The zero-order valence-corrected chi connectivity index (χ0v) is 20.6. The molecule has 0 spiro atoms. The zero-order chi connectivity index (χ0) is 23.8. The molecule has 1 aliphatic heterocycles. The Bertz CT molecular complexity index is 1140. The number of piperidine rings is 1. The first-order chi connectivity index (χ1) is 16.7. The van der Waals surface area contributed by atoms with Crippen LogP contribution in [0.15, 0.2) is 30.3 Å². The van der Waals surface area contributed by atoms with Crippen molar-refractivity contribution in [3.8, 4) is 11.8 Å². The highest BCUT2D eigenvalue weighted by Gasteiger charge is 2.19. The van der Waals surface area contributed by atoms with E-state index < -0.39 is 0 Å². The molecule has 180 valence electrons. The summed E-state index contributed by atoms with van der Waals surface area (Å²) in [7, 11) is 0. The fourth-order valence-electron chi connectivity index (χ4n) is 4.57. The zero-order valence-electron chi connectivity index (χ0n) is 20.6. The normalized spacial score (nSPS) is 14.3. The number of benzene rings is 1. The standard InChI is InChI=1S/C28H37N5O/c1-3-4-16-25-30-26-24(15-9-12-19-32-17-10-6-11-18-32)22(2)33(27(26)28(29)31-25)21-34-20-23-13-7-5-8-14-23/h5,7-8,13-14H,3-4,6,10-12,16-21H2,1-2H3,(H2,29,30,31). The molecule has 34 heavy (non-hydrogen) atoms. The van der Waals surface area contributed by atoms with E-state index in [-0.39, 0.29) is 0 Å². The topological polar surface area (TPSA) is 69.2 Å². The summed E-state index contributed by atoms with van der Waals surface area (Å²) in [4.78, 5) is 12.0. The van der Waals surface area contributed by atoms with Crippen molar-refractivity contribution in [3.05, 3.63) is 53.0 Å². The van der Waals surface area contributed by atoms with Crippen molar-refractivity contribution >= 4 is 16.9 Å². The maximum Gasteiger partial charge on any atom is 0.151 e. The Hall–Kier alpha value is -2.88. The van der Waals surface area contributed by atoms with Crippen LogP contribution in [-0.2, 0) is 24.5 Å². The lowest BCUT2D eigenvalue weighted by molar-refractivity contribution is 0.0657. The Morgan fingerprint density at radius 1 is 1.09 bits per heavy atom. The number of hydrogen-bond acceptors (Lipinski definition) is 5. The molecule has 0 atom stereocenters. The molecule has 3 aromatic rings. The molecule has 1 fully saturated rings. The summed E-state index contributed by atoms with van der Waals surface area (Å²) in [6, 6.07) is 10.2. The summed E-state index contributed by atoms with van der Waals surface area (Å²) in [5, 5.41) is 0. The number of likely N-dealkylation sites (tertiary alicyclic amines) is 1. The molecule has 0 bridgehead atoms. The van der Waals surface area contributed by atoms with E-state index >= 15 is 0 Å². The van der Waals surface area contributed by atoms with Crippen molar-refractivity contribution < 1.29 is 4.74 Å². The molecule has 1 aliphatic rings. The summed E-state index contributed by atoms with van der Waals surface area (Å²) in [5.74, 6) is 8.15. The second kappa shape index (κ2) is 12.0. The van der Waals surface area contributed by atoms with Crippen LogP contribution in [0.1, 0.15) is 68.1 Å². The summed E-state index contributed by atoms with van der Waals surface area (Å²) in [6.45, 7) is 8.59. The van der Waals surface area contributed by atoms with Crippen molar-refractivity contribution in [2.45, 2.75) is 72.1 Å². The number of nitrogens with zero attached hydrogens (tertiary/aromatic N) is 4. The molecular weight excluding hydrogens is 422 g/mol. The van der Waals surface area contributed by atoms with Gasteiger partial charge in [-0.25, -0.2) is 9.97 Å². The van der Waals surface area contributed by atoms with Crippen molar-refractivity contribution in [3.63, 3.8) is 0 Å². The monoisotopic (exact) mass is 459 g/mol. The second-order valence-electron chi connectivity index (χ2n) is 9.13. The van der Waals surface area contributed by atoms with E-state index in [2.05, 4.69) is 52.3 Å². The highest BCUT2D eigenvalue weighted by molar-refractivity contribution is 5.91. The van der Waals surface area contributed by atoms with Gasteiger partial charge in [0, 0.05) is 25.1 Å². The average molecular weight is 460 g/mol. The molecule has 6 heteroatoms. The minimum Gasteiger partial charge on any atom is -0.382 e. The summed E-state index contributed by atoms with van der Waals surface area (Å²) < 4.78 is 8.14. The van der Waals surface area contributed by atoms with E-state index in [9.17, 15) is 0 Å². The van der Waals surface area contributed by atoms with Crippen LogP contribution in [0, 0.1) is 18.8 Å². The maximum atomic E-state index is 6.46. The van der Waals surface area contributed by atoms with E-state index in [0.717, 1.165) is 65.9 Å². The quantitative estimate of drug-likeness (QED) is 0.453. The molecule has 1 aromatic carbocycles. The van der Waals surface area contributed by atoms with Gasteiger partial charge in [0.25, 0.3) is 0 Å². The van der Waals surface area contributed by atoms with Crippen LogP contribution < -0.4 is 5.73 Å². The van der Waals surface area contributed by atoms with Crippen molar-refractivity contribution in [2.75, 3.05) is 25.4 Å². The Labute approximate surface area is 203 Å². The number of unbranched alkanes of at least 4 members (excludes halogenated alkanes) is 1. The third kappa shape index (κ3) is 5.97. The van der Waals surface area contributed by atoms with Crippen LogP contribution >= 0.6 is 0 Å². The average Bonchev–Trinajstić information content (AvgIpc) is 3.13. The fourth-order valence-corrected chi connectivity index (χ4v) is 4.57. The number of ether oxygens (including phenoxy) is 1. The van der Waals surface area contributed by atoms with E-state index in [1.807, 2.05) is 18.2 Å². The van der Waals surface area contributed by atoms with Gasteiger partial charge in [0.2, 0.25) is 0 Å². The van der Waals surface area contributed by atoms with E-state index in [0.29, 0.717) is 19.2 Å². The molecule has 2 aromatic heterocycles. The predicted molar refractivity (Wildman–Crippen MR) is 138 cm³/mol. The Morgan fingerprint density at radius 3 is 2.65 bits per heavy atom. The highest BCUT2D eigenvalue weighted by atomic mass is 16.5. The lowest BCUT2D eigenvalue weighted by Gasteiger charge is -2.25. The van der Waals surface area contributed by atoms with Gasteiger partial charge in [-0.15, -0.1) is 0 Å². The highest BCUT2D eigenvalue weighted by Crippen LogP contribution is 2.28. The predicted octanol–water partition coefficient (Wildman–Crippen LogP) is 5.07. The number of aromatic nitrogens is 3. The summed E-state index contributed by atoms with van der Waals surface area (Å²) in [5.41, 5.74) is 11.3. The van der Waals surface area contributed by atoms with E-state index in [4.69, 9.17) is 15.5 Å². The van der Waals surface area contributed by atoms with Gasteiger partial charge in [-0.1, -0.05) is 61.9 Å². The molecule has 2 N–H and O–H groups in total. The minimum absolute atomic E-state index is 0.383. The molecule has 0 amide bonds. The van der Waals surface area contributed by atoms with Crippen LogP contribution in [0.4, 0.5) is 5.82 Å². The van der Waals surface area contributed by atoms with E-state index in [1.54, 1.807) is 0 Å². The Morgan fingerprint density at radius 2 is 1.88 bits per heavy atom. The number of nitrogen functional groups attached to an aromatic ring is 1. The molecule has 0 unspecified atom stereocenters. The third-order valence-corrected chi connectivity index (χ3v) is 6.53. The number of fused-ring (bicyclic) bond motifs is 1. The van der Waals surface area contributed by atoms with E-state index in [1.165, 1.54) is 32.4 Å². The summed E-state index contributed by atoms with van der Waals surface area (Å²) >= 11 is 0. The second-order valence-corrected chi connectivity index (χ2v) is 9.13. The third-order valence-electron chi connectivity index (χ3n) is 6.53. The first-order valence-corrected chi connectivity index (χ1v) is 12.7. The molecule has 3 heterocycles. The van der Waals surface area contributed by atoms with Crippen LogP contribution in [-0.4, -0.2) is 39.1 Å². The largest absolute Gasteiger partial charge is 0.382 e. The first kappa shape index (κ1) is 24.3. The fraction of sp³-hybridized carbons (Fsp3) is 0.500. The number of rotatable bonds is 9. The Kier molecular flexibility index (Phi) is 8.56. The van der Waals surface area contributed by atoms with Gasteiger partial charge >= 0.3 is 0 Å². The van der Waals surface area contributed by atoms with Crippen LogP contribution in [0.2, 0.25) is 0 Å².